The van der Waals surface area contributed by atoms with Crippen LogP contribution in [0.1, 0.15) is 11.1 Å². The summed E-state index contributed by atoms with van der Waals surface area (Å²) >= 11 is 13.6. The minimum atomic E-state index is 0.652. The Hall–Kier alpha value is -0.920. The highest BCUT2D eigenvalue weighted by Gasteiger charge is 2.02. The molecule has 0 spiro atoms. The number of nitrogens with two attached hydrogens (primary N) is 2. The molecule has 0 heterocycles. The zero-order valence-electron chi connectivity index (χ0n) is 11.0. The number of rotatable bonds is 0. The van der Waals surface area contributed by atoms with Gasteiger partial charge in [0.25, 0.3) is 0 Å². The largest absolute Gasteiger partial charge is 0.398 e. The molecule has 0 aliphatic rings. The summed E-state index contributed by atoms with van der Waals surface area (Å²) < 4.78 is 3.27. The van der Waals surface area contributed by atoms with E-state index >= 15 is 0 Å². The van der Waals surface area contributed by atoms with Crippen LogP contribution >= 0.6 is 63.7 Å². The molecule has 0 fully saturated rings. The van der Waals surface area contributed by atoms with Crippen molar-refractivity contribution < 1.29 is 0 Å². The molecule has 110 valence electrons. The molecule has 22 heavy (non-hydrogen) atoms. The Balaban J connectivity index is 2.30. The van der Waals surface area contributed by atoms with Gasteiger partial charge in [-0.1, -0.05) is 11.8 Å². The first-order valence-electron chi connectivity index (χ1n) is 5.89. The van der Waals surface area contributed by atoms with E-state index in [9.17, 15) is 0 Å². The first-order chi connectivity index (χ1) is 10.4. The standard InChI is InChI=1S/C16H8Br4N2/c17-11-7-15(21)13(19)5-9(11)3-1-2-4-10-6-14(20)16(22)8-12(10)18/h5-8H,21-22H2. The Labute approximate surface area is 162 Å². The van der Waals surface area contributed by atoms with Gasteiger partial charge in [0, 0.05) is 40.4 Å². The van der Waals surface area contributed by atoms with Crippen molar-refractivity contribution in [2.24, 2.45) is 0 Å². The number of benzene rings is 2. The highest BCUT2D eigenvalue weighted by molar-refractivity contribution is 9.11. The zero-order chi connectivity index (χ0) is 16.3. The molecule has 0 aliphatic carbocycles. The van der Waals surface area contributed by atoms with Crippen molar-refractivity contribution in [1.29, 1.82) is 0 Å². The molecule has 0 aliphatic heterocycles. The second kappa shape index (κ2) is 7.57. The van der Waals surface area contributed by atoms with Crippen molar-refractivity contribution in [1.82, 2.24) is 0 Å². The fourth-order valence-electron chi connectivity index (χ4n) is 1.51. The Kier molecular flexibility index (Phi) is 6.00. The molecule has 0 bridgehead atoms. The predicted molar refractivity (Wildman–Crippen MR) is 106 cm³/mol. The van der Waals surface area contributed by atoms with Crippen LogP contribution in [-0.2, 0) is 0 Å². The van der Waals surface area contributed by atoms with E-state index in [4.69, 9.17) is 11.5 Å². The van der Waals surface area contributed by atoms with Gasteiger partial charge in [0.2, 0.25) is 0 Å². The Morgan fingerprint density at radius 2 is 0.955 bits per heavy atom. The average Bonchev–Trinajstić information content (AvgIpc) is 2.45. The second-order valence-corrected chi connectivity index (χ2v) is 7.62. The van der Waals surface area contributed by atoms with E-state index in [2.05, 4.69) is 87.4 Å². The van der Waals surface area contributed by atoms with E-state index < -0.39 is 0 Å². The van der Waals surface area contributed by atoms with Crippen molar-refractivity contribution >= 4 is 75.1 Å². The van der Waals surface area contributed by atoms with Crippen molar-refractivity contribution in [3.05, 3.63) is 53.3 Å². The highest BCUT2D eigenvalue weighted by Crippen LogP contribution is 2.28. The van der Waals surface area contributed by atoms with Crippen LogP contribution in [0.3, 0.4) is 0 Å². The van der Waals surface area contributed by atoms with E-state index in [0.29, 0.717) is 11.4 Å². The Morgan fingerprint density at radius 1 is 0.591 bits per heavy atom. The van der Waals surface area contributed by atoms with Gasteiger partial charge >= 0.3 is 0 Å². The van der Waals surface area contributed by atoms with Crippen LogP contribution in [0.5, 0.6) is 0 Å². The van der Waals surface area contributed by atoms with E-state index in [1.807, 2.05) is 12.1 Å². The molecular formula is C16H8Br4N2. The summed E-state index contributed by atoms with van der Waals surface area (Å²) in [4.78, 5) is 0. The van der Waals surface area contributed by atoms with Crippen LogP contribution < -0.4 is 11.5 Å². The molecular weight excluding hydrogens is 540 g/mol. The van der Waals surface area contributed by atoms with Crippen molar-refractivity contribution in [3.63, 3.8) is 0 Å². The van der Waals surface area contributed by atoms with Gasteiger partial charge < -0.3 is 11.5 Å². The smallest absolute Gasteiger partial charge is 0.0470 e. The quantitative estimate of drug-likeness (QED) is 0.347. The number of hydrogen-bond acceptors (Lipinski definition) is 2. The van der Waals surface area contributed by atoms with E-state index in [0.717, 1.165) is 29.0 Å². The summed E-state index contributed by atoms with van der Waals surface area (Å²) in [6.07, 6.45) is 0. The summed E-state index contributed by atoms with van der Waals surface area (Å²) in [7, 11) is 0. The maximum absolute atomic E-state index is 5.79. The third-order valence-electron chi connectivity index (χ3n) is 2.63. The van der Waals surface area contributed by atoms with Crippen LogP contribution in [0.25, 0.3) is 0 Å². The van der Waals surface area contributed by atoms with Crippen molar-refractivity contribution in [2.45, 2.75) is 0 Å². The minimum Gasteiger partial charge on any atom is -0.398 e. The Bertz CT molecular complexity index is 794. The summed E-state index contributed by atoms with van der Waals surface area (Å²) in [5, 5.41) is 0. The van der Waals surface area contributed by atoms with Crippen LogP contribution in [0.15, 0.2) is 42.2 Å². The first-order valence-corrected chi connectivity index (χ1v) is 9.06. The lowest BCUT2D eigenvalue weighted by molar-refractivity contribution is 1.54. The topological polar surface area (TPSA) is 52.0 Å². The number of nitrogen functional groups attached to an aromatic ring is 2. The molecule has 2 aromatic carbocycles. The second-order valence-electron chi connectivity index (χ2n) is 4.21. The number of anilines is 2. The first kappa shape index (κ1) is 17.4. The summed E-state index contributed by atoms with van der Waals surface area (Å²) in [5.41, 5.74) is 14.5. The van der Waals surface area contributed by atoms with Crippen molar-refractivity contribution in [2.75, 3.05) is 11.5 Å². The van der Waals surface area contributed by atoms with E-state index in [1.54, 1.807) is 12.1 Å². The molecule has 2 nitrogen and oxygen atoms in total. The van der Waals surface area contributed by atoms with Gasteiger partial charge in [-0.25, -0.2) is 0 Å². The third-order valence-corrected chi connectivity index (χ3v) is 5.32. The molecule has 0 saturated carbocycles. The summed E-state index contributed by atoms with van der Waals surface area (Å²) in [5.74, 6) is 11.6. The van der Waals surface area contributed by atoms with Gasteiger partial charge in [-0.05, 0) is 99.8 Å². The number of hydrogen-bond donors (Lipinski definition) is 2. The SMILES string of the molecule is Nc1cc(Br)c(C#CC#Cc2cc(Br)c(N)cc2Br)cc1Br. The molecule has 0 unspecified atom stereocenters. The molecule has 2 aromatic rings. The van der Waals surface area contributed by atoms with Crippen LogP contribution in [0.2, 0.25) is 0 Å². The number of halogens is 4. The maximum Gasteiger partial charge on any atom is 0.0470 e. The molecule has 0 atom stereocenters. The van der Waals surface area contributed by atoms with Gasteiger partial charge in [0.1, 0.15) is 0 Å². The normalized spacial score (nSPS) is 9.45. The molecule has 0 saturated heterocycles. The fourth-order valence-corrected chi connectivity index (χ4v) is 3.12. The molecule has 4 N–H and O–H groups in total. The Morgan fingerprint density at radius 3 is 1.32 bits per heavy atom. The van der Waals surface area contributed by atoms with E-state index in [1.165, 1.54) is 0 Å². The van der Waals surface area contributed by atoms with Gasteiger partial charge in [-0.3, -0.25) is 0 Å². The molecule has 0 amide bonds. The maximum atomic E-state index is 5.79. The summed E-state index contributed by atoms with van der Waals surface area (Å²) in [6.45, 7) is 0. The van der Waals surface area contributed by atoms with Crippen LogP contribution in [0, 0.1) is 23.7 Å². The fraction of sp³-hybridized carbons (Fsp3) is 0. The lowest BCUT2D eigenvalue weighted by atomic mass is 10.2. The van der Waals surface area contributed by atoms with Gasteiger partial charge in [0.15, 0.2) is 0 Å². The highest BCUT2D eigenvalue weighted by atomic mass is 79.9. The monoisotopic (exact) mass is 544 g/mol. The lowest BCUT2D eigenvalue weighted by Gasteiger charge is -2.01. The molecule has 6 heteroatoms. The van der Waals surface area contributed by atoms with Crippen LogP contribution in [0.4, 0.5) is 11.4 Å². The zero-order valence-corrected chi connectivity index (χ0v) is 17.3. The molecule has 0 aromatic heterocycles. The third kappa shape index (κ3) is 4.30. The average molecular weight is 548 g/mol. The summed E-state index contributed by atoms with van der Waals surface area (Å²) in [6, 6.07) is 7.30. The van der Waals surface area contributed by atoms with Gasteiger partial charge in [0.05, 0.1) is 0 Å². The van der Waals surface area contributed by atoms with E-state index in [-0.39, 0.29) is 0 Å². The van der Waals surface area contributed by atoms with Crippen molar-refractivity contribution in [3.8, 4) is 23.7 Å². The van der Waals surface area contributed by atoms with Crippen LogP contribution in [-0.4, -0.2) is 0 Å². The minimum absolute atomic E-state index is 0.652. The predicted octanol–water partition coefficient (Wildman–Crippen LogP) is 5.30. The molecule has 0 radical (unpaired) electrons. The molecule has 2 rings (SSSR count). The van der Waals surface area contributed by atoms with Gasteiger partial charge in [-0.15, -0.1) is 0 Å². The lowest BCUT2D eigenvalue weighted by Crippen LogP contribution is -1.89. The van der Waals surface area contributed by atoms with Gasteiger partial charge in [-0.2, -0.15) is 0 Å².